The highest BCUT2D eigenvalue weighted by Gasteiger charge is 2.12. The summed E-state index contributed by atoms with van der Waals surface area (Å²) in [7, 11) is 0. The highest BCUT2D eigenvalue weighted by Crippen LogP contribution is 1.89. The third-order valence-electron chi connectivity index (χ3n) is 1.59. The van der Waals surface area contributed by atoms with Crippen LogP contribution in [0.3, 0.4) is 0 Å². The van der Waals surface area contributed by atoms with Gasteiger partial charge in [-0.2, -0.15) is 0 Å². The molecular formula is C9H14N2O4. The minimum Gasteiger partial charge on any atom is -0.479 e. The number of hydrogen-bond acceptors (Lipinski definition) is 3. The quantitative estimate of drug-likeness (QED) is 0.448. The van der Waals surface area contributed by atoms with E-state index in [1.54, 1.807) is 6.92 Å². The summed E-state index contributed by atoms with van der Waals surface area (Å²) in [4.78, 5) is 21.2. The molecule has 2 amide bonds. The van der Waals surface area contributed by atoms with E-state index in [0.717, 1.165) is 0 Å². The fourth-order valence-electron chi connectivity index (χ4n) is 0.735. The minimum atomic E-state index is -1.46. The van der Waals surface area contributed by atoms with Crippen LogP contribution < -0.4 is 10.6 Å². The van der Waals surface area contributed by atoms with Gasteiger partial charge in [0.05, 0.1) is 6.04 Å². The summed E-state index contributed by atoms with van der Waals surface area (Å²) in [6, 6.07) is -0.882. The summed E-state index contributed by atoms with van der Waals surface area (Å²) in [6.45, 7) is 1.70. The van der Waals surface area contributed by atoms with Gasteiger partial charge in [-0.15, -0.1) is 6.42 Å². The molecule has 0 spiro atoms. The Morgan fingerprint density at radius 3 is 2.60 bits per heavy atom. The van der Waals surface area contributed by atoms with Gasteiger partial charge in [-0.3, -0.25) is 0 Å². The van der Waals surface area contributed by atoms with Crippen LogP contribution in [0.2, 0.25) is 0 Å². The van der Waals surface area contributed by atoms with Crippen molar-refractivity contribution in [2.45, 2.75) is 25.5 Å². The lowest BCUT2D eigenvalue weighted by Gasteiger charge is -2.10. The summed E-state index contributed by atoms with van der Waals surface area (Å²) in [5.74, 6) is 0.987. The smallest absolute Gasteiger partial charge is 0.332 e. The maximum atomic E-state index is 11.0. The number of carbonyl (C=O) groups excluding carboxylic acids is 1. The van der Waals surface area contributed by atoms with Crippen molar-refractivity contribution in [1.82, 2.24) is 10.6 Å². The van der Waals surface area contributed by atoms with Crippen molar-refractivity contribution < 1.29 is 19.8 Å². The number of carbonyl (C=O) groups is 2. The van der Waals surface area contributed by atoms with Crippen molar-refractivity contribution in [3.8, 4) is 12.3 Å². The highest BCUT2D eigenvalue weighted by atomic mass is 16.4. The molecule has 0 heterocycles. The molecule has 0 aliphatic carbocycles. The molecule has 0 aliphatic rings. The standard InChI is InChI=1S/C9H14N2O4/c1-3-6(2)11-9(15)10-5-4-7(12)8(13)14/h1,6-7,12H,4-5H2,2H3,(H,13,14)(H2,10,11,15)/t6?,7-/m0/s1. The van der Waals surface area contributed by atoms with E-state index in [0.29, 0.717) is 0 Å². The molecule has 6 nitrogen and oxygen atoms in total. The number of nitrogens with one attached hydrogen (secondary N) is 2. The van der Waals surface area contributed by atoms with Gasteiger partial charge in [0.15, 0.2) is 6.10 Å². The maximum absolute atomic E-state index is 11.0. The third-order valence-corrected chi connectivity index (χ3v) is 1.59. The van der Waals surface area contributed by atoms with Crippen LogP contribution in [-0.2, 0) is 4.79 Å². The summed E-state index contributed by atoms with van der Waals surface area (Å²) in [5.41, 5.74) is 0. The fraction of sp³-hybridized carbons (Fsp3) is 0.556. The van der Waals surface area contributed by atoms with Crippen LogP contribution in [0.15, 0.2) is 0 Å². The Morgan fingerprint density at radius 2 is 2.13 bits per heavy atom. The third kappa shape index (κ3) is 6.35. The second-order valence-electron chi connectivity index (χ2n) is 2.93. The molecule has 6 heteroatoms. The predicted molar refractivity (Wildman–Crippen MR) is 53.1 cm³/mol. The SMILES string of the molecule is C#CC(C)NC(=O)NCC[C@H](O)C(=O)O. The average molecular weight is 214 g/mol. The first-order valence-electron chi connectivity index (χ1n) is 4.38. The van der Waals surface area contributed by atoms with Crippen LogP contribution in [0.4, 0.5) is 4.79 Å². The lowest BCUT2D eigenvalue weighted by atomic mass is 10.2. The highest BCUT2D eigenvalue weighted by molar-refractivity contribution is 5.75. The molecule has 2 atom stereocenters. The van der Waals surface area contributed by atoms with Gasteiger partial charge in [0.2, 0.25) is 0 Å². The van der Waals surface area contributed by atoms with Gasteiger partial charge in [0.25, 0.3) is 0 Å². The van der Waals surface area contributed by atoms with E-state index in [-0.39, 0.29) is 13.0 Å². The molecule has 0 aliphatic heterocycles. The molecular weight excluding hydrogens is 200 g/mol. The van der Waals surface area contributed by atoms with E-state index < -0.39 is 24.1 Å². The van der Waals surface area contributed by atoms with E-state index in [1.807, 2.05) is 0 Å². The van der Waals surface area contributed by atoms with Gasteiger partial charge in [0, 0.05) is 13.0 Å². The van der Waals surface area contributed by atoms with Crippen molar-refractivity contribution in [2.75, 3.05) is 6.54 Å². The molecule has 0 fully saturated rings. The number of amides is 2. The topological polar surface area (TPSA) is 98.7 Å². The first-order chi connectivity index (χ1) is 6.97. The molecule has 1 unspecified atom stereocenters. The Bertz CT molecular complexity index is 272. The van der Waals surface area contributed by atoms with E-state index in [2.05, 4.69) is 16.6 Å². The van der Waals surface area contributed by atoms with Gasteiger partial charge in [-0.1, -0.05) is 5.92 Å². The van der Waals surface area contributed by atoms with E-state index in [4.69, 9.17) is 16.6 Å². The summed E-state index contributed by atoms with van der Waals surface area (Å²) in [6.07, 6.45) is 3.52. The van der Waals surface area contributed by atoms with Gasteiger partial charge in [-0.25, -0.2) is 9.59 Å². The van der Waals surface area contributed by atoms with Gasteiger partial charge in [-0.05, 0) is 6.92 Å². The maximum Gasteiger partial charge on any atom is 0.332 e. The van der Waals surface area contributed by atoms with Crippen molar-refractivity contribution in [3.05, 3.63) is 0 Å². The number of carboxylic acid groups (broad SMARTS) is 1. The van der Waals surface area contributed by atoms with Crippen molar-refractivity contribution in [2.24, 2.45) is 0 Å². The molecule has 0 bridgehead atoms. The Balaban J connectivity index is 3.65. The number of urea groups is 1. The normalized spacial score (nSPS) is 13.4. The summed E-state index contributed by atoms with van der Waals surface area (Å²) < 4.78 is 0. The Morgan fingerprint density at radius 1 is 1.53 bits per heavy atom. The van der Waals surface area contributed by atoms with E-state index >= 15 is 0 Å². The molecule has 0 aromatic carbocycles. The van der Waals surface area contributed by atoms with Crippen LogP contribution in [-0.4, -0.2) is 40.9 Å². The first kappa shape index (κ1) is 13.3. The van der Waals surface area contributed by atoms with Gasteiger partial charge >= 0.3 is 12.0 Å². The molecule has 0 rings (SSSR count). The zero-order valence-electron chi connectivity index (χ0n) is 8.36. The van der Waals surface area contributed by atoms with Gasteiger partial charge < -0.3 is 20.8 Å². The zero-order valence-corrected chi connectivity index (χ0v) is 8.36. The number of rotatable bonds is 5. The van der Waals surface area contributed by atoms with Gasteiger partial charge in [0.1, 0.15) is 0 Å². The average Bonchev–Trinajstić information content (AvgIpc) is 2.17. The second-order valence-corrected chi connectivity index (χ2v) is 2.93. The number of carboxylic acids is 1. The summed E-state index contributed by atoms with van der Waals surface area (Å²) in [5, 5.41) is 22.0. The second kappa shape index (κ2) is 6.68. The number of aliphatic hydroxyl groups is 1. The Hall–Kier alpha value is -1.74. The predicted octanol–water partition coefficient (Wildman–Crippen LogP) is -0.857. The zero-order chi connectivity index (χ0) is 11.8. The fourth-order valence-corrected chi connectivity index (χ4v) is 0.735. The summed E-state index contributed by atoms with van der Waals surface area (Å²) >= 11 is 0. The minimum absolute atomic E-state index is 0.0484. The first-order valence-corrected chi connectivity index (χ1v) is 4.38. The van der Waals surface area contributed by atoms with E-state index in [9.17, 15) is 9.59 Å². The molecule has 0 saturated heterocycles. The lowest BCUT2D eigenvalue weighted by Crippen LogP contribution is -2.41. The number of hydrogen-bond donors (Lipinski definition) is 4. The van der Waals surface area contributed by atoms with E-state index in [1.165, 1.54) is 0 Å². The van der Waals surface area contributed by atoms with Crippen LogP contribution in [0.25, 0.3) is 0 Å². The number of terminal acetylenes is 1. The van der Waals surface area contributed by atoms with Crippen molar-refractivity contribution in [1.29, 1.82) is 0 Å². The molecule has 15 heavy (non-hydrogen) atoms. The lowest BCUT2D eigenvalue weighted by molar-refractivity contribution is -0.146. The molecule has 0 aromatic heterocycles. The molecule has 0 radical (unpaired) electrons. The molecule has 4 N–H and O–H groups in total. The van der Waals surface area contributed by atoms with Crippen molar-refractivity contribution in [3.63, 3.8) is 0 Å². The number of aliphatic hydroxyl groups excluding tert-OH is 1. The Kier molecular flexibility index (Phi) is 5.90. The van der Waals surface area contributed by atoms with Crippen LogP contribution in [0, 0.1) is 12.3 Å². The molecule has 0 saturated carbocycles. The van der Waals surface area contributed by atoms with Crippen LogP contribution in [0.5, 0.6) is 0 Å². The number of aliphatic carboxylic acids is 1. The monoisotopic (exact) mass is 214 g/mol. The largest absolute Gasteiger partial charge is 0.479 e. The Labute approximate surface area is 87.7 Å². The van der Waals surface area contributed by atoms with Crippen molar-refractivity contribution >= 4 is 12.0 Å². The van der Waals surface area contributed by atoms with Crippen LogP contribution in [0.1, 0.15) is 13.3 Å². The molecule has 0 aromatic rings. The van der Waals surface area contributed by atoms with Crippen LogP contribution >= 0.6 is 0 Å². The molecule has 84 valence electrons.